The van der Waals surface area contributed by atoms with Crippen LogP contribution in [0.4, 0.5) is 0 Å². The van der Waals surface area contributed by atoms with Gasteiger partial charge in [-0.25, -0.2) is 0 Å². The largest absolute Gasteiger partial charge is 0.497 e. The maximum atomic E-state index is 5.64. The lowest BCUT2D eigenvalue weighted by Gasteiger charge is -2.12. The molecule has 0 bridgehead atoms. The first-order valence-corrected chi connectivity index (χ1v) is 7.51. The summed E-state index contributed by atoms with van der Waals surface area (Å²) >= 11 is 0. The van der Waals surface area contributed by atoms with Crippen LogP contribution in [0.3, 0.4) is 0 Å². The predicted molar refractivity (Wildman–Crippen MR) is 103 cm³/mol. The third-order valence-electron chi connectivity index (χ3n) is 3.02. The zero-order chi connectivity index (χ0) is 15.3. The molecule has 126 valence electrons. The number of guanidine groups is 1. The number of nitrogens with zero attached hydrogens (tertiary/aromatic N) is 1. The van der Waals surface area contributed by atoms with Crippen molar-refractivity contribution in [3.05, 3.63) is 24.3 Å². The molecule has 0 saturated heterocycles. The van der Waals surface area contributed by atoms with Crippen LogP contribution in [0.5, 0.6) is 11.5 Å². The van der Waals surface area contributed by atoms with Gasteiger partial charge in [0.1, 0.15) is 18.1 Å². The maximum Gasteiger partial charge on any atom is 0.191 e. The third-order valence-corrected chi connectivity index (χ3v) is 3.02. The molecule has 2 N–H and O–H groups in total. The Morgan fingerprint density at radius 1 is 1.05 bits per heavy atom. The third kappa shape index (κ3) is 8.96. The molecular formula is C16H28IN3O2. The van der Waals surface area contributed by atoms with Crippen molar-refractivity contribution in [1.82, 2.24) is 10.6 Å². The van der Waals surface area contributed by atoms with E-state index >= 15 is 0 Å². The van der Waals surface area contributed by atoms with Crippen LogP contribution >= 0.6 is 24.0 Å². The molecule has 0 atom stereocenters. The predicted octanol–water partition coefficient (Wildman–Crippen LogP) is 3.05. The van der Waals surface area contributed by atoms with Crippen LogP contribution in [0.1, 0.15) is 26.2 Å². The van der Waals surface area contributed by atoms with Gasteiger partial charge in [-0.1, -0.05) is 19.8 Å². The zero-order valence-corrected chi connectivity index (χ0v) is 16.1. The summed E-state index contributed by atoms with van der Waals surface area (Å²) in [6.07, 6.45) is 3.63. The Hall–Kier alpha value is -1.18. The van der Waals surface area contributed by atoms with Crippen molar-refractivity contribution in [3.8, 4) is 11.5 Å². The van der Waals surface area contributed by atoms with Crippen molar-refractivity contribution >= 4 is 29.9 Å². The second-order valence-electron chi connectivity index (χ2n) is 4.66. The Morgan fingerprint density at radius 3 is 2.27 bits per heavy atom. The van der Waals surface area contributed by atoms with Gasteiger partial charge in [-0.05, 0) is 30.7 Å². The summed E-state index contributed by atoms with van der Waals surface area (Å²) in [4.78, 5) is 4.18. The molecule has 22 heavy (non-hydrogen) atoms. The molecule has 1 rings (SSSR count). The summed E-state index contributed by atoms with van der Waals surface area (Å²) in [7, 11) is 3.43. The van der Waals surface area contributed by atoms with Crippen LogP contribution in [0.2, 0.25) is 0 Å². The lowest BCUT2D eigenvalue weighted by molar-refractivity contribution is 0.321. The van der Waals surface area contributed by atoms with Crippen LogP contribution < -0.4 is 20.1 Å². The van der Waals surface area contributed by atoms with Crippen molar-refractivity contribution < 1.29 is 9.47 Å². The smallest absolute Gasteiger partial charge is 0.191 e. The molecule has 0 aromatic heterocycles. The highest BCUT2D eigenvalue weighted by Crippen LogP contribution is 2.16. The van der Waals surface area contributed by atoms with Crippen molar-refractivity contribution in [2.45, 2.75) is 26.2 Å². The highest BCUT2D eigenvalue weighted by atomic mass is 127. The number of ether oxygens (including phenoxy) is 2. The summed E-state index contributed by atoms with van der Waals surface area (Å²) in [5.74, 6) is 2.49. The molecule has 0 saturated carbocycles. The number of unbranched alkanes of at least 4 members (excludes halogenated alkanes) is 2. The summed E-state index contributed by atoms with van der Waals surface area (Å²) in [6, 6.07) is 7.57. The van der Waals surface area contributed by atoms with Crippen LogP contribution in [0.25, 0.3) is 0 Å². The van der Waals surface area contributed by atoms with Gasteiger partial charge in [0, 0.05) is 13.6 Å². The van der Waals surface area contributed by atoms with Gasteiger partial charge in [0.2, 0.25) is 0 Å². The molecule has 0 heterocycles. The standard InChI is InChI=1S/C16H27N3O2.HI/c1-4-5-6-11-18-16(17-2)19-12-13-21-15-9-7-14(20-3)8-10-15;/h7-10H,4-6,11-13H2,1-3H3,(H2,17,18,19);1H. The molecule has 5 nitrogen and oxygen atoms in total. The van der Waals surface area contributed by atoms with Gasteiger partial charge < -0.3 is 20.1 Å². The molecule has 0 amide bonds. The van der Waals surface area contributed by atoms with Gasteiger partial charge in [-0.15, -0.1) is 24.0 Å². The first-order chi connectivity index (χ1) is 10.3. The van der Waals surface area contributed by atoms with E-state index in [0.29, 0.717) is 13.2 Å². The fraction of sp³-hybridized carbons (Fsp3) is 0.562. The van der Waals surface area contributed by atoms with Crippen LogP contribution in [-0.2, 0) is 0 Å². The van der Waals surface area contributed by atoms with E-state index in [9.17, 15) is 0 Å². The molecule has 0 aliphatic rings. The highest BCUT2D eigenvalue weighted by molar-refractivity contribution is 14.0. The van der Waals surface area contributed by atoms with E-state index in [1.807, 2.05) is 24.3 Å². The minimum Gasteiger partial charge on any atom is -0.497 e. The number of nitrogens with one attached hydrogen (secondary N) is 2. The second kappa shape index (κ2) is 13.5. The van der Waals surface area contributed by atoms with E-state index in [2.05, 4.69) is 22.5 Å². The van der Waals surface area contributed by atoms with Crippen LogP contribution in [0, 0.1) is 0 Å². The van der Waals surface area contributed by atoms with E-state index in [1.165, 1.54) is 19.3 Å². The highest BCUT2D eigenvalue weighted by Gasteiger charge is 1.98. The van der Waals surface area contributed by atoms with Crippen molar-refractivity contribution in [2.75, 3.05) is 33.9 Å². The first kappa shape index (κ1) is 20.8. The Kier molecular flexibility index (Phi) is 12.8. The molecule has 6 heteroatoms. The minimum absolute atomic E-state index is 0. The Bertz CT molecular complexity index is 410. The molecule has 0 unspecified atom stereocenters. The maximum absolute atomic E-state index is 5.64. The second-order valence-corrected chi connectivity index (χ2v) is 4.66. The molecule has 1 aromatic carbocycles. The quantitative estimate of drug-likeness (QED) is 0.279. The van der Waals surface area contributed by atoms with Gasteiger partial charge in [0.25, 0.3) is 0 Å². The van der Waals surface area contributed by atoms with Crippen LogP contribution in [0.15, 0.2) is 29.3 Å². The Morgan fingerprint density at radius 2 is 1.68 bits per heavy atom. The molecule has 0 fully saturated rings. The van der Waals surface area contributed by atoms with E-state index in [-0.39, 0.29) is 24.0 Å². The molecule has 0 aliphatic carbocycles. The fourth-order valence-electron chi connectivity index (χ4n) is 1.81. The summed E-state index contributed by atoms with van der Waals surface area (Å²) in [5.41, 5.74) is 0. The zero-order valence-electron chi connectivity index (χ0n) is 13.7. The monoisotopic (exact) mass is 421 g/mol. The molecule has 0 spiro atoms. The van der Waals surface area contributed by atoms with E-state index < -0.39 is 0 Å². The average Bonchev–Trinajstić information content (AvgIpc) is 2.54. The molecule has 1 aromatic rings. The summed E-state index contributed by atoms with van der Waals surface area (Å²) in [5, 5.41) is 6.51. The van der Waals surface area contributed by atoms with E-state index in [4.69, 9.17) is 9.47 Å². The number of benzene rings is 1. The lowest BCUT2D eigenvalue weighted by atomic mass is 10.2. The summed E-state index contributed by atoms with van der Waals surface area (Å²) in [6.45, 7) is 4.44. The van der Waals surface area contributed by atoms with Gasteiger partial charge in [-0.2, -0.15) is 0 Å². The topological polar surface area (TPSA) is 54.9 Å². The number of aliphatic imine (C=N–C) groups is 1. The van der Waals surface area contributed by atoms with E-state index in [1.54, 1.807) is 14.2 Å². The SMILES string of the molecule is CCCCCNC(=NC)NCCOc1ccc(OC)cc1.I. The van der Waals surface area contributed by atoms with Crippen LogP contribution in [-0.4, -0.2) is 39.8 Å². The van der Waals surface area contributed by atoms with Crippen molar-refractivity contribution in [2.24, 2.45) is 4.99 Å². The lowest BCUT2D eigenvalue weighted by Crippen LogP contribution is -2.39. The minimum atomic E-state index is 0. The molecule has 0 radical (unpaired) electrons. The number of hydrogen-bond donors (Lipinski definition) is 2. The van der Waals surface area contributed by atoms with E-state index in [0.717, 1.165) is 24.0 Å². The van der Waals surface area contributed by atoms with Gasteiger partial charge in [-0.3, -0.25) is 4.99 Å². The van der Waals surface area contributed by atoms with Gasteiger partial charge >= 0.3 is 0 Å². The number of halogens is 1. The van der Waals surface area contributed by atoms with Crippen molar-refractivity contribution in [1.29, 1.82) is 0 Å². The van der Waals surface area contributed by atoms with Gasteiger partial charge in [0.15, 0.2) is 5.96 Å². The number of methoxy groups -OCH3 is 1. The summed E-state index contributed by atoms with van der Waals surface area (Å²) < 4.78 is 10.7. The number of rotatable bonds is 9. The average molecular weight is 421 g/mol. The van der Waals surface area contributed by atoms with Crippen molar-refractivity contribution in [3.63, 3.8) is 0 Å². The fourth-order valence-corrected chi connectivity index (χ4v) is 1.81. The molecule has 0 aliphatic heterocycles. The number of hydrogen-bond acceptors (Lipinski definition) is 3. The normalized spacial score (nSPS) is 10.6. The Labute approximate surface area is 150 Å². The first-order valence-electron chi connectivity index (χ1n) is 7.51. The van der Waals surface area contributed by atoms with Gasteiger partial charge in [0.05, 0.1) is 13.7 Å². The Balaban J connectivity index is 0.00000441. The molecular weight excluding hydrogens is 393 g/mol.